The van der Waals surface area contributed by atoms with Gasteiger partial charge in [-0.05, 0) is 36.6 Å². The molecule has 2 atom stereocenters. The molecule has 0 heterocycles. The van der Waals surface area contributed by atoms with E-state index in [0.29, 0.717) is 19.2 Å². The van der Waals surface area contributed by atoms with E-state index >= 15 is 0 Å². The number of aliphatic imine (C=N–C) groups is 1. The molecule has 0 aromatic heterocycles. The third-order valence-electron chi connectivity index (χ3n) is 3.38. The van der Waals surface area contributed by atoms with Crippen LogP contribution in [0.3, 0.4) is 0 Å². The lowest BCUT2D eigenvalue weighted by atomic mass is 10.3. The molecule has 1 fully saturated rings. The number of nitrogens with zero attached hydrogens (tertiary/aromatic N) is 1. The van der Waals surface area contributed by atoms with Crippen molar-refractivity contribution < 1.29 is 9.47 Å². The van der Waals surface area contributed by atoms with Crippen LogP contribution in [0.2, 0.25) is 0 Å². The molecule has 118 valence electrons. The molecule has 1 aliphatic carbocycles. The topological polar surface area (TPSA) is 54.9 Å². The molecule has 0 amide bonds. The zero-order chi connectivity index (χ0) is 14.4. The summed E-state index contributed by atoms with van der Waals surface area (Å²) in [4.78, 5) is 4.19. The normalized spacial score (nSPS) is 20.2. The second kappa shape index (κ2) is 8.96. The highest BCUT2D eigenvalue weighted by Crippen LogP contribution is 2.28. The lowest BCUT2D eigenvalue weighted by Gasteiger charge is -2.12. The highest BCUT2D eigenvalue weighted by atomic mass is 127. The van der Waals surface area contributed by atoms with Gasteiger partial charge in [-0.3, -0.25) is 4.99 Å². The summed E-state index contributed by atoms with van der Waals surface area (Å²) in [6.07, 6.45) is 1.23. The molecule has 2 N–H and O–H groups in total. The molecule has 1 aromatic rings. The molecule has 0 aliphatic heterocycles. The van der Waals surface area contributed by atoms with Gasteiger partial charge in [0.1, 0.15) is 18.1 Å². The molecule has 2 unspecified atom stereocenters. The average molecular weight is 405 g/mol. The average Bonchev–Trinajstić information content (AvgIpc) is 3.18. The first-order chi connectivity index (χ1) is 9.72. The molecular formula is C15H24IN3O2. The van der Waals surface area contributed by atoms with E-state index in [1.807, 2.05) is 24.3 Å². The Morgan fingerprint density at radius 2 is 1.90 bits per heavy atom. The van der Waals surface area contributed by atoms with Crippen LogP contribution in [-0.2, 0) is 0 Å². The van der Waals surface area contributed by atoms with Gasteiger partial charge in [-0.15, -0.1) is 24.0 Å². The van der Waals surface area contributed by atoms with Crippen molar-refractivity contribution in [3.8, 4) is 11.5 Å². The minimum atomic E-state index is 0. The molecule has 6 heteroatoms. The van der Waals surface area contributed by atoms with Crippen molar-refractivity contribution in [2.75, 3.05) is 27.3 Å². The van der Waals surface area contributed by atoms with Gasteiger partial charge in [0.2, 0.25) is 0 Å². The number of benzene rings is 1. The van der Waals surface area contributed by atoms with Crippen molar-refractivity contribution in [3.63, 3.8) is 0 Å². The fourth-order valence-corrected chi connectivity index (χ4v) is 1.90. The summed E-state index contributed by atoms with van der Waals surface area (Å²) in [6, 6.07) is 8.15. The van der Waals surface area contributed by atoms with E-state index in [2.05, 4.69) is 22.5 Å². The monoisotopic (exact) mass is 405 g/mol. The van der Waals surface area contributed by atoms with Crippen molar-refractivity contribution in [2.24, 2.45) is 10.9 Å². The predicted octanol–water partition coefficient (Wildman–Crippen LogP) is 2.27. The Balaban J connectivity index is 0.00000220. The van der Waals surface area contributed by atoms with Gasteiger partial charge in [0.25, 0.3) is 0 Å². The van der Waals surface area contributed by atoms with Gasteiger partial charge in [-0.25, -0.2) is 0 Å². The highest BCUT2D eigenvalue weighted by Gasteiger charge is 2.33. The number of halogens is 1. The van der Waals surface area contributed by atoms with Gasteiger partial charge in [0, 0.05) is 13.1 Å². The first kappa shape index (κ1) is 17.9. The Hall–Kier alpha value is -1.18. The third-order valence-corrected chi connectivity index (χ3v) is 3.38. The molecule has 1 aromatic carbocycles. The number of hydrogen-bond acceptors (Lipinski definition) is 3. The summed E-state index contributed by atoms with van der Waals surface area (Å²) in [7, 11) is 3.44. The zero-order valence-corrected chi connectivity index (χ0v) is 15.1. The van der Waals surface area contributed by atoms with Crippen LogP contribution in [0, 0.1) is 5.92 Å². The number of rotatable bonds is 6. The zero-order valence-electron chi connectivity index (χ0n) is 12.8. The summed E-state index contributed by atoms with van der Waals surface area (Å²) < 4.78 is 10.7. The summed E-state index contributed by atoms with van der Waals surface area (Å²) in [5.41, 5.74) is 0. The van der Waals surface area contributed by atoms with Gasteiger partial charge in [-0.1, -0.05) is 6.92 Å². The fourth-order valence-electron chi connectivity index (χ4n) is 1.90. The number of ether oxygens (including phenoxy) is 2. The molecule has 0 saturated heterocycles. The Kier molecular flexibility index (Phi) is 7.63. The van der Waals surface area contributed by atoms with E-state index in [1.165, 1.54) is 6.42 Å². The van der Waals surface area contributed by atoms with Crippen molar-refractivity contribution in [2.45, 2.75) is 19.4 Å². The van der Waals surface area contributed by atoms with Gasteiger partial charge in [0.15, 0.2) is 5.96 Å². The molecule has 0 spiro atoms. The molecule has 5 nitrogen and oxygen atoms in total. The molecule has 1 saturated carbocycles. The van der Waals surface area contributed by atoms with Crippen LogP contribution in [0.25, 0.3) is 0 Å². The molecule has 2 rings (SSSR count). The van der Waals surface area contributed by atoms with Crippen molar-refractivity contribution in [3.05, 3.63) is 24.3 Å². The second-order valence-corrected chi connectivity index (χ2v) is 4.99. The molecule has 21 heavy (non-hydrogen) atoms. The lowest BCUT2D eigenvalue weighted by molar-refractivity contribution is 0.321. The van der Waals surface area contributed by atoms with Crippen LogP contribution in [0.4, 0.5) is 0 Å². The van der Waals surface area contributed by atoms with Gasteiger partial charge >= 0.3 is 0 Å². The predicted molar refractivity (Wildman–Crippen MR) is 96.0 cm³/mol. The molecule has 0 radical (unpaired) electrons. The van der Waals surface area contributed by atoms with E-state index < -0.39 is 0 Å². The van der Waals surface area contributed by atoms with Crippen LogP contribution < -0.4 is 20.1 Å². The van der Waals surface area contributed by atoms with Crippen LogP contribution in [-0.4, -0.2) is 39.3 Å². The van der Waals surface area contributed by atoms with E-state index in [4.69, 9.17) is 9.47 Å². The van der Waals surface area contributed by atoms with E-state index in [-0.39, 0.29) is 24.0 Å². The van der Waals surface area contributed by atoms with E-state index in [1.54, 1.807) is 14.2 Å². The van der Waals surface area contributed by atoms with Gasteiger partial charge in [0.05, 0.1) is 13.7 Å². The fraction of sp³-hybridized carbons (Fsp3) is 0.533. The maximum atomic E-state index is 5.64. The summed E-state index contributed by atoms with van der Waals surface area (Å²) in [5, 5.41) is 6.61. The van der Waals surface area contributed by atoms with E-state index in [9.17, 15) is 0 Å². The first-order valence-electron chi connectivity index (χ1n) is 6.97. The smallest absolute Gasteiger partial charge is 0.191 e. The Bertz CT molecular complexity index is 451. The van der Waals surface area contributed by atoms with Crippen molar-refractivity contribution >= 4 is 29.9 Å². The SMILES string of the molecule is CN=C(NCCOc1ccc(OC)cc1)NC1CC1C.I. The molecule has 1 aliphatic rings. The Morgan fingerprint density at radius 1 is 1.29 bits per heavy atom. The first-order valence-corrected chi connectivity index (χ1v) is 6.97. The highest BCUT2D eigenvalue weighted by molar-refractivity contribution is 14.0. The number of hydrogen-bond donors (Lipinski definition) is 2. The van der Waals surface area contributed by atoms with Crippen LogP contribution in [0.15, 0.2) is 29.3 Å². The van der Waals surface area contributed by atoms with Crippen LogP contribution >= 0.6 is 24.0 Å². The maximum Gasteiger partial charge on any atom is 0.191 e. The van der Waals surface area contributed by atoms with E-state index in [0.717, 1.165) is 23.4 Å². The number of guanidine groups is 1. The van der Waals surface area contributed by atoms with Crippen LogP contribution in [0.5, 0.6) is 11.5 Å². The number of nitrogens with one attached hydrogen (secondary N) is 2. The summed E-state index contributed by atoms with van der Waals surface area (Å²) in [6.45, 7) is 3.54. The molecular weight excluding hydrogens is 381 g/mol. The summed E-state index contributed by atoms with van der Waals surface area (Å²) in [5.74, 6) is 3.27. The summed E-state index contributed by atoms with van der Waals surface area (Å²) >= 11 is 0. The van der Waals surface area contributed by atoms with Gasteiger partial charge < -0.3 is 20.1 Å². The number of methoxy groups -OCH3 is 1. The quantitative estimate of drug-likeness (QED) is 0.330. The van der Waals surface area contributed by atoms with Crippen molar-refractivity contribution in [1.29, 1.82) is 0 Å². The minimum absolute atomic E-state index is 0. The minimum Gasteiger partial charge on any atom is -0.497 e. The second-order valence-electron chi connectivity index (χ2n) is 4.99. The lowest BCUT2D eigenvalue weighted by Crippen LogP contribution is -2.40. The Morgan fingerprint density at radius 3 is 2.43 bits per heavy atom. The third kappa shape index (κ3) is 5.99. The van der Waals surface area contributed by atoms with Crippen molar-refractivity contribution in [1.82, 2.24) is 10.6 Å². The standard InChI is InChI=1S/C15H23N3O2.HI/c1-11-10-14(11)18-15(16-2)17-8-9-20-13-6-4-12(19-3)5-7-13;/h4-7,11,14H,8-10H2,1-3H3,(H2,16,17,18);1H. The molecule has 0 bridgehead atoms. The van der Waals surface area contributed by atoms with Crippen LogP contribution in [0.1, 0.15) is 13.3 Å². The maximum absolute atomic E-state index is 5.64. The Labute approximate surface area is 143 Å². The van der Waals surface area contributed by atoms with Gasteiger partial charge in [-0.2, -0.15) is 0 Å². The largest absolute Gasteiger partial charge is 0.497 e.